The summed E-state index contributed by atoms with van der Waals surface area (Å²) in [6, 6.07) is 17.2. The number of amides is 2. The van der Waals surface area contributed by atoms with Crippen LogP contribution < -0.4 is 10.4 Å². The first-order chi connectivity index (χ1) is 12.1. The van der Waals surface area contributed by atoms with E-state index >= 15 is 0 Å². The van der Waals surface area contributed by atoms with Gasteiger partial charge in [0.25, 0.3) is 5.91 Å². The Morgan fingerprint density at radius 2 is 1.88 bits per heavy atom. The molecule has 0 radical (unpaired) electrons. The van der Waals surface area contributed by atoms with E-state index in [2.05, 4.69) is 0 Å². The molecular formula is C19H18N2O3S. The first-order valence-corrected chi connectivity index (χ1v) is 8.68. The molecular weight excluding hydrogens is 336 g/mol. The summed E-state index contributed by atoms with van der Waals surface area (Å²) in [7, 11) is 1.75. The third-order valence-electron chi connectivity index (χ3n) is 4.06. The van der Waals surface area contributed by atoms with Crippen LogP contribution in [0.3, 0.4) is 0 Å². The number of nitrogens with one attached hydrogen (secondary N) is 1. The van der Waals surface area contributed by atoms with E-state index in [0.29, 0.717) is 17.7 Å². The standard InChI is InChI=1S/C19H18N2O3S/c1-21(18(22)10-7-13-5-3-2-4-6-13)15-8-9-16-14(11-15)12-17(25-16)19(23)20-24/h2-6,8-9,11-12,24H,7,10H2,1H3,(H,20,23). The Kier molecular flexibility index (Phi) is 5.11. The third-order valence-corrected chi connectivity index (χ3v) is 5.17. The zero-order valence-electron chi connectivity index (χ0n) is 13.7. The maximum atomic E-state index is 12.4. The molecule has 1 heterocycles. The zero-order valence-corrected chi connectivity index (χ0v) is 14.5. The Hall–Kier alpha value is -2.70. The third kappa shape index (κ3) is 3.87. The molecule has 0 bridgehead atoms. The Morgan fingerprint density at radius 1 is 1.12 bits per heavy atom. The van der Waals surface area contributed by atoms with Gasteiger partial charge in [-0.1, -0.05) is 30.3 Å². The molecule has 3 aromatic rings. The van der Waals surface area contributed by atoms with Gasteiger partial charge in [-0.3, -0.25) is 14.8 Å². The van der Waals surface area contributed by atoms with E-state index < -0.39 is 5.91 Å². The van der Waals surface area contributed by atoms with Crippen LogP contribution in [-0.2, 0) is 11.2 Å². The Labute approximate surface area is 149 Å². The Balaban J connectivity index is 1.73. The van der Waals surface area contributed by atoms with E-state index in [9.17, 15) is 9.59 Å². The van der Waals surface area contributed by atoms with Crippen LogP contribution in [0.5, 0.6) is 0 Å². The number of nitrogens with zero attached hydrogens (tertiary/aromatic N) is 1. The highest BCUT2D eigenvalue weighted by Gasteiger charge is 2.14. The van der Waals surface area contributed by atoms with Crippen molar-refractivity contribution < 1.29 is 14.8 Å². The fourth-order valence-corrected chi connectivity index (χ4v) is 3.55. The van der Waals surface area contributed by atoms with Crippen LogP contribution in [0.1, 0.15) is 21.7 Å². The van der Waals surface area contributed by atoms with Gasteiger partial charge in [0.15, 0.2) is 0 Å². The van der Waals surface area contributed by atoms with E-state index in [-0.39, 0.29) is 5.91 Å². The van der Waals surface area contributed by atoms with Crippen molar-refractivity contribution in [2.45, 2.75) is 12.8 Å². The maximum absolute atomic E-state index is 12.4. The van der Waals surface area contributed by atoms with Crippen LogP contribution in [0, 0.1) is 0 Å². The van der Waals surface area contributed by atoms with Crippen LogP contribution in [0.15, 0.2) is 54.6 Å². The van der Waals surface area contributed by atoms with Gasteiger partial charge in [-0.15, -0.1) is 11.3 Å². The van der Waals surface area contributed by atoms with Crippen molar-refractivity contribution in [2.24, 2.45) is 0 Å². The number of anilines is 1. The number of thiophene rings is 1. The molecule has 5 nitrogen and oxygen atoms in total. The predicted molar refractivity (Wildman–Crippen MR) is 99.3 cm³/mol. The predicted octanol–water partition coefficient (Wildman–Crippen LogP) is 3.62. The SMILES string of the molecule is CN(C(=O)CCc1ccccc1)c1ccc2sc(C(=O)NO)cc2c1. The van der Waals surface area contributed by atoms with Crippen molar-refractivity contribution in [3.63, 3.8) is 0 Å². The van der Waals surface area contributed by atoms with Crippen molar-refractivity contribution in [2.75, 3.05) is 11.9 Å². The number of hydrogen-bond acceptors (Lipinski definition) is 4. The van der Waals surface area contributed by atoms with E-state index in [1.165, 1.54) is 11.3 Å². The van der Waals surface area contributed by atoms with Gasteiger partial charge in [-0.2, -0.15) is 0 Å². The summed E-state index contributed by atoms with van der Waals surface area (Å²) in [5, 5.41) is 9.60. The molecule has 0 saturated carbocycles. The number of carbonyl (C=O) groups excluding carboxylic acids is 2. The molecule has 0 unspecified atom stereocenters. The van der Waals surface area contributed by atoms with E-state index in [4.69, 9.17) is 5.21 Å². The smallest absolute Gasteiger partial charge is 0.284 e. The lowest BCUT2D eigenvalue weighted by atomic mass is 10.1. The van der Waals surface area contributed by atoms with Crippen LogP contribution >= 0.6 is 11.3 Å². The average Bonchev–Trinajstić information content (AvgIpc) is 3.09. The minimum Gasteiger partial charge on any atom is -0.315 e. The maximum Gasteiger partial charge on any atom is 0.284 e. The molecule has 0 fully saturated rings. The number of hydrogen-bond donors (Lipinski definition) is 2. The molecule has 0 aliphatic heterocycles. The lowest BCUT2D eigenvalue weighted by Gasteiger charge is -2.17. The van der Waals surface area contributed by atoms with Crippen molar-refractivity contribution in [3.05, 3.63) is 65.0 Å². The molecule has 2 N–H and O–H groups in total. The van der Waals surface area contributed by atoms with Crippen molar-refractivity contribution in [1.82, 2.24) is 5.48 Å². The molecule has 6 heteroatoms. The molecule has 0 aliphatic rings. The molecule has 128 valence electrons. The lowest BCUT2D eigenvalue weighted by Crippen LogP contribution is -2.26. The van der Waals surface area contributed by atoms with Gasteiger partial charge < -0.3 is 4.90 Å². The summed E-state index contributed by atoms with van der Waals surface area (Å²) >= 11 is 1.29. The lowest BCUT2D eigenvalue weighted by molar-refractivity contribution is -0.118. The van der Waals surface area contributed by atoms with Crippen molar-refractivity contribution in [1.29, 1.82) is 0 Å². The summed E-state index contributed by atoms with van der Waals surface area (Å²) in [4.78, 5) is 26.0. The van der Waals surface area contributed by atoms with Gasteiger partial charge in [-0.25, -0.2) is 5.48 Å². The first kappa shape index (κ1) is 17.1. The minimum atomic E-state index is -0.532. The van der Waals surface area contributed by atoms with Crippen molar-refractivity contribution >= 4 is 38.9 Å². The second kappa shape index (κ2) is 7.46. The number of carbonyl (C=O) groups is 2. The molecule has 3 rings (SSSR count). The number of rotatable bonds is 5. The van der Waals surface area contributed by atoms with E-state index in [0.717, 1.165) is 21.3 Å². The fourth-order valence-electron chi connectivity index (χ4n) is 2.61. The van der Waals surface area contributed by atoms with Gasteiger partial charge >= 0.3 is 0 Å². The van der Waals surface area contributed by atoms with E-state index in [1.807, 2.05) is 48.5 Å². The van der Waals surface area contributed by atoms with Gasteiger partial charge in [-0.05, 0) is 41.6 Å². The summed E-state index contributed by atoms with van der Waals surface area (Å²) in [5.74, 6) is -0.498. The molecule has 2 aromatic carbocycles. The van der Waals surface area contributed by atoms with Gasteiger partial charge in [0.2, 0.25) is 5.91 Å². The molecule has 0 saturated heterocycles. The van der Waals surface area contributed by atoms with Gasteiger partial charge in [0.1, 0.15) is 0 Å². The summed E-state index contributed by atoms with van der Waals surface area (Å²) in [6.07, 6.45) is 1.13. The molecule has 1 aromatic heterocycles. The molecule has 0 aliphatic carbocycles. The number of benzene rings is 2. The first-order valence-electron chi connectivity index (χ1n) is 7.87. The van der Waals surface area contributed by atoms with Gasteiger partial charge in [0.05, 0.1) is 4.88 Å². The van der Waals surface area contributed by atoms with Crippen molar-refractivity contribution in [3.8, 4) is 0 Å². The molecule has 0 spiro atoms. The van der Waals surface area contributed by atoms with Crippen LogP contribution in [-0.4, -0.2) is 24.1 Å². The summed E-state index contributed by atoms with van der Waals surface area (Å²) < 4.78 is 0.924. The molecule has 2 amide bonds. The van der Waals surface area contributed by atoms with Gasteiger partial charge in [0, 0.05) is 23.9 Å². The number of aryl methyl sites for hydroxylation is 1. The zero-order chi connectivity index (χ0) is 17.8. The molecule has 25 heavy (non-hydrogen) atoms. The fraction of sp³-hybridized carbons (Fsp3) is 0.158. The summed E-state index contributed by atoms with van der Waals surface area (Å²) in [5.41, 5.74) is 3.55. The summed E-state index contributed by atoms with van der Waals surface area (Å²) in [6.45, 7) is 0. The number of fused-ring (bicyclic) bond motifs is 1. The second-order valence-electron chi connectivity index (χ2n) is 5.71. The highest BCUT2D eigenvalue weighted by atomic mass is 32.1. The average molecular weight is 354 g/mol. The number of hydroxylamine groups is 1. The minimum absolute atomic E-state index is 0.0340. The Morgan fingerprint density at radius 3 is 2.60 bits per heavy atom. The van der Waals surface area contributed by atoms with E-state index in [1.54, 1.807) is 23.5 Å². The highest BCUT2D eigenvalue weighted by molar-refractivity contribution is 7.20. The Bertz CT molecular complexity index is 905. The topological polar surface area (TPSA) is 69.6 Å². The van der Waals surface area contributed by atoms with Crippen LogP contribution in [0.2, 0.25) is 0 Å². The largest absolute Gasteiger partial charge is 0.315 e. The normalized spacial score (nSPS) is 10.6. The highest BCUT2D eigenvalue weighted by Crippen LogP contribution is 2.29. The quantitative estimate of drug-likeness (QED) is 0.543. The molecule has 0 atom stereocenters. The van der Waals surface area contributed by atoms with Crippen LogP contribution in [0.4, 0.5) is 5.69 Å². The van der Waals surface area contributed by atoms with Crippen LogP contribution in [0.25, 0.3) is 10.1 Å². The second-order valence-corrected chi connectivity index (χ2v) is 6.80. The monoisotopic (exact) mass is 354 g/mol.